The Morgan fingerprint density at radius 3 is 2.60 bits per heavy atom. The molecular weight excluding hydrogens is 256 g/mol. The topological polar surface area (TPSA) is 51.2 Å². The second kappa shape index (κ2) is 4.61. The van der Waals surface area contributed by atoms with Gasteiger partial charge in [0.05, 0.1) is 6.26 Å². The Bertz CT molecular complexity index is 428. The first-order chi connectivity index (χ1) is 7.33. The van der Waals surface area contributed by atoms with Crippen LogP contribution in [0.5, 0.6) is 0 Å². The molecule has 1 aromatic carbocycles. The predicted molar refractivity (Wildman–Crippen MR) is 62.0 cm³/mol. The number of hydrazine groups is 1. The number of benzene rings is 1. The van der Waals surface area contributed by atoms with Crippen molar-refractivity contribution in [3.8, 4) is 0 Å². The molecule has 1 heterocycles. The lowest BCUT2D eigenvalue weighted by atomic mass is 10.1. The molecule has 0 amide bonds. The van der Waals surface area contributed by atoms with Crippen LogP contribution >= 0.6 is 15.9 Å². The first-order valence-corrected chi connectivity index (χ1v) is 5.36. The molecule has 0 aliphatic carbocycles. The zero-order valence-corrected chi connectivity index (χ0v) is 9.57. The van der Waals surface area contributed by atoms with Crippen LogP contribution in [-0.4, -0.2) is 0 Å². The van der Waals surface area contributed by atoms with Crippen LogP contribution in [0.1, 0.15) is 17.4 Å². The molecule has 0 fully saturated rings. The highest BCUT2D eigenvalue weighted by molar-refractivity contribution is 9.10. The Morgan fingerprint density at radius 1 is 1.20 bits per heavy atom. The number of nitrogens with two attached hydrogens (primary N) is 1. The van der Waals surface area contributed by atoms with Crippen LogP contribution in [0.2, 0.25) is 0 Å². The molecule has 3 nitrogen and oxygen atoms in total. The van der Waals surface area contributed by atoms with Crippen LogP contribution in [0, 0.1) is 0 Å². The van der Waals surface area contributed by atoms with Gasteiger partial charge in [-0.2, -0.15) is 0 Å². The summed E-state index contributed by atoms with van der Waals surface area (Å²) in [4.78, 5) is 0. The van der Waals surface area contributed by atoms with Crippen molar-refractivity contribution in [1.82, 2.24) is 5.43 Å². The van der Waals surface area contributed by atoms with Crippen molar-refractivity contribution in [3.05, 3.63) is 58.5 Å². The van der Waals surface area contributed by atoms with Gasteiger partial charge in [-0.25, -0.2) is 5.43 Å². The minimum atomic E-state index is -0.129. The summed E-state index contributed by atoms with van der Waals surface area (Å²) in [6.07, 6.45) is 1.64. The Morgan fingerprint density at radius 2 is 2.00 bits per heavy atom. The van der Waals surface area contributed by atoms with Gasteiger partial charge in [-0.15, -0.1) is 0 Å². The van der Waals surface area contributed by atoms with Crippen LogP contribution in [-0.2, 0) is 0 Å². The standard InChI is InChI=1S/C11H11BrN2O/c12-9-5-2-1-4-8(9)11(14-13)10-6-3-7-15-10/h1-7,11,14H,13H2. The van der Waals surface area contributed by atoms with Crippen LogP contribution in [0.25, 0.3) is 0 Å². The van der Waals surface area contributed by atoms with Crippen molar-refractivity contribution in [3.63, 3.8) is 0 Å². The number of nitrogens with one attached hydrogen (secondary N) is 1. The average Bonchev–Trinajstić information content (AvgIpc) is 2.75. The maximum absolute atomic E-state index is 5.53. The molecule has 2 rings (SSSR count). The Kier molecular flexibility index (Phi) is 3.20. The molecule has 0 spiro atoms. The predicted octanol–water partition coefficient (Wildman–Crippen LogP) is 2.59. The smallest absolute Gasteiger partial charge is 0.126 e. The van der Waals surface area contributed by atoms with Gasteiger partial charge in [0.15, 0.2) is 0 Å². The molecule has 3 N–H and O–H groups in total. The van der Waals surface area contributed by atoms with Crippen molar-refractivity contribution in [2.75, 3.05) is 0 Å². The summed E-state index contributed by atoms with van der Waals surface area (Å²) < 4.78 is 6.34. The molecule has 0 saturated carbocycles. The zero-order chi connectivity index (χ0) is 10.7. The highest BCUT2D eigenvalue weighted by Crippen LogP contribution is 2.27. The fourth-order valence-corrected chi connectivity index (χ4v) is 2.00. The monoisotopic (exact) mass is 266 g/mol. The van der Waals surface area contributed by atoms with Gasteiger partial charge >= 0.3 is 0 Å². The summed E-state index contributed by atoms with van der Waals surface area (Å²) in [6.45, 7) is 0. The third kappa shape index (κ3) is 2.12. The summed E-state index contributed by atoms with van der Waals surface area (Å²) >= 11 is 3.49. The molecule has 4 heteroatoms. The molecular formula is C11H11BrN2O. The van der Waals surface area contributed by atoms with Gasteiger partial charge in [-0.1, -0.05) is 34.1 Å². The van der Waals surface area contributed by atoms with Crippen LogP contribution in [0.4, 0.5) is 0 Å². The van der Waals surface area contributed by atoms with E-state index in [9.17, 15) is 0 Å². The molecule has 78 valence electrons. The number of halogens is 1. The molecule has 0 saturated heterocycles. The van der Waals surface area contributed by atoms with Crippen molar-refractivity contribution in [2.24, 2.45) is 5.84 Å². The molecule has 1 aromatic heterocycles. The van der Waals surface area contributed by atoms with E-state index in [0.29, 0.717) is 0 Å². The van der Waals surface area contributed by atoms with E-state index in [0.717, 1.165) is 15.8 Å². The Hall–Kier alpha value is -1.10. The average molecular weight is 267 g/mol. The Labute approximate surface area is 96.4 Å². The maximum Gasteiger partial charge on any atom is 0.126 e. The molecule has 0 aliphatic rings. The largest absolute Gasteiger partial charge is 0.467 e. The summed E-state index contributed by atoms with van der Waals surface area (Å²) in [7, 11) is 0. The van der Waals surface area contributed by atoms with Gasteiger partial charge in [0, 0.05) is 4.47 Å². The van der Waals surface area contributed by atoms with Crippen LogP contribution < -0.4 is 11.3 Å². The van der Waals surface area contributed by atoms with Crippen LogP contribution in [0.3, 0.4) is 0 Å². The van der Waals surface area contributed by atoms with E-state index in [2.05, 4.69) is 21.4 Å². The number of hydrogen-bond donors (Lipinski definition) is 2. The lowest BCUT2D eigenvalue weighted by molar-refractivity contribution is 0.451. The first kappa shape index (κ1) is 10.4. The first-order valence-electron chi connectivity index (χ1n) is 4.57. The minimum absolute atomic E-state index is 0.129. The summed E-state index contributed by atoms with van der Waals surface area (Å²) in [5.74, 6) is 6.33. The number of furan rings is 1. The highest BCUT2D eigenvalue weighted by atomic mass is 79.9. The van der Waals surface area contributed by atoms with Crippen molar-refractivity contribution < 1.29 is 4.42 Å². The number of hydrogen-bond acceptors (Lipinski definition) is 3. The minimum Gasteiger partial charge on any atom is -0.467 e. The summed E-state index contributed by atoms with van der Waals surface area (Å²) in [5, 5.41) is 0. The number of rotatable bonds is 3. The Balaban J connectivity index is 2.40. The summed E-state index contributed by atoms with van der Waals surface area (Å²) in [5.41, 5.74) is 3.79. The fourth-order valence-electron chi connectivity index (χ4n) is 1.49. The van der Waals surface area contributed by atoms with Gasteiger partial charge in [-0.05, 0) is 23.8 Å². The molecule has 1 atom stereocenters. The molecule has 0 aliphatic heterocycles. The maximum atomic E-state index is 5.53. The van der Waals surface area contributed by atoms with Crippen molar-refractivity contribution in [1.29, 1.82) is 0 Å². The zero-order valence-electron chi connectivity index (χ0n) is 7.98. The molecule has 15 heavy (non-hydrogen) atoms. The summed E-state index contributed by atoms with van der Waals surface area (Å²) in [6, 6.07) is 11.5. The van der Waals surface area contributed by atoms with Gasteiger partial charge in [0.1, 0.15) is 11.8 Å². The normalized spacial score (nSPS) is 12.7. The van der Waals surface area contributed by atoms with Gasteiger partial charge in [0.2, 0.25) is 0 Å². The van der Waals surface area contributed by atoms with E-state index in [1.807, 2.05) is 36.4 Å². The van der Waals surface area contributed by atoms with Crippen molar-refractivity contribution in [2.45, 2.75) is 6.04 Å². The van der Waals surface area contributed by atoms with E-state index in [-0.39, 0.29) is 6.04 Å². The van der Waals surface area contributed by atoms with E-state index >= 15 is 0 Å². The van der Waals surface area contributed by atoms with E-state index in [4.69, 9.17) is 10.3 Å². The van der Waals surface area contributed by atoms with Crippen LogP contribution in [0.15, 0.2) is 51.6 Å². The third-order valence-electron chi connectivity index (χ3n) is 2.21. The van der Waals surface area contributed by atoms with E-state index < -0.39 is 0 Å². The molecule has 0 bridgehead atoms. The van der Waals surface area contributed by atoms with Gasteiger partial charge < -0.3 is 4.42 Å². The highest BCUT2D eigenvalue weighted by Gasteiger charge is 2.16. The van der Waals surface area contributed by atoms with Crippen molar-refractivity contribution >= 4 is 15.9 Å². The molecule has 0 radical (unpaired) electrons. The van der Waals surface area contributed by atoms with Gasteiger partial charge in [0.25, 0.3) is 0 Å². The fraction of sp³-hybridized carbons (Fsp3) is 0.0909. The van der Waals surface area contributed by atoms with E-state index in [1.165, 1.54) is 0 Å². The van der Waals surface area contributed by atoms with Gasteiger partial charge in [-0.3, -0.25) is 5.84 Å². The quantitative estimate of drug-likeness (QED) is 0.663. The van der Waals surface area contributed by atoms with E-state index in [1.54, 1.807) is 6.26 Å². The second-order valence-corrected chi connectivity index (χ2v) is 3.99. The second-order valence-electron chi connectivity index (χ2n) is 3.14. The molecule has 2 aromatic rings. The molecule has 1 unspecified atom stereocenters. The lowest BCUT2D eigenvalue weighted by Crippen LogP contribution is -2.28. The third-order valence-corrected chi connectivity index (χ3v) is 2.93. The lowest BCUT2D eigenvalue weighted by Gasteiger charge is -2.15. The SMILES string of the molecule is NNC(c1ccco1)c1ccccc1Br.